The molecule has 9 amide bonds. The van der Waals surface area contributed by atoms with Crippen LogP contribution in [0.5, 0.6) is 0 Å². The molecule has 16 N–H and O–H groups in total. The molecule has 0 aromatic carbocycles. The average Bonchev–Trinajstić information content (AvgIpc) is 3.56. The fourth-order valence-electron chi connectivity index (χ4n) is 6.46. The molecule has 382 valence electrons. The lowest BCUT2D eigenvalue weighted by Crippen LogP contribution is -2.61. The van der Waals surface area contributed by atoms with Gasteiger partial charge in [-0.3, -0.25) is 58.3 Å². The Morgan fingerprint density at radius 2 is 1.19 bits per heavy atom. The number of hydrogen-bond acceptors (Lipinski definition) is 19. The molecule has 0 bridgehead atoms. The third-order valence-electron chi connectivity index (χ3n) is 10.4. The third kappa shape index (κ3) is 16.9. The normalized spacial score (nSPS) is 19.6. The summed E-state index contributed by atoms with van der Waals surface area (Å²) in [7, 11) is 1.21. The number of aliphatic hydroxyl groups excluding tert-OH is 4. The Labute approximate surface area is 390 Å². The number of amides is 9. The first-order valence-electron chi connectivity index (χ1n) is 20.8. The Hall–Kier alpha value is -6.06. The van der Waals surface area contributed by atoms with Crippen molar-refractivity contribution in [1.29, 1.82) is 0 Å². The summed E-state index contributed by atoms with van der Waals surface area (Å²) in [6, 6.07) is -8.79. The smallest absolute Gasteiger partial charge is 0.340 e. The van der Waals surface area contributed by atoms with Gasteiger partial charge in [0.1, 0.15) is 35.1 Å². The second-order valence-electron chi connectivity index (χ2n) is 15.5. The van der Waals surface area contributed by atoms with E-state index in [0.717, 1.165) is 36.1 Å². The van der Waals surface area contributed by atoms with E-state index in [1.807, 2.05) is 5.32 Å². The maximum Gasteiger partial charge on any atom is 0.340 e. The van der Waals surface area contributed by atoms with Crippen molar-refractivity contribution < 1.29 is 84.3 Å². The maximum absolute atomic E-state index is 13.8. The minimum absolute atomic E-state index is 0.0520. The number of hydrogen-bond donors (Lipinski definition) is 14. The zero-order valence-electron chi connectivity index (χ0n) is 37.4. The monoisotopic (exact) mass is 992 g/mol. The number of nitrogens with zero attached hydrogens (tertiary/aromatic N) is 6. The van der Waals surface area contributed by atoms with Crippen molar-refractivity contribution in [1.82, 2.24) is 45.6 Å². The first kappa shape index (κ1) is 58.1. The molecule has 0 spiro atoms. The summed E-state index contributed by atoms with van der Waals surface area (Å²) in [6.07, 6.45) is -5.91. The largest absolute Gasteiger partial charge is 0.480 e. The van der Waals surface area contributed by atoms with Gasteiger partial charge < -0.3 is 58.3 Å². The summed E-state index contributed by atoms with van der Waals surface area (Å²) < 4.78 is 1.78. The van der Waals surface area contributed by atoms with Gasteiger partial charge in [0.2, 0.25) is 41.4 Å². The van der Waals surface area contributed by atoms with Gasteiger partial charge in [-0.25, -0.2) is 29.6 Å². The number of aromatic nitrogens is 2. The van der Waals surface area contributed by atoms with Gasteiger partial charge in [-0.2, -0.15) is 4.99 Å². The molecule has 1 aliphatic rings. The van der Waals surface area contributed by atoms with Crippen LogP contribution < -0.4 is 43.9 Å². The van der Waals surface area contributed by atoms with Gasteiger partial charge in [0, 0.05) is 53.6 Å². The molecule has 10 atom stereocenters. The zero-order chi connectivity index (χ0) is 51.7. The predicted molar refractivity (Wildman–Crippen MR) is 229 cm³/mol. The van der Waals surface area contributed by atoms with E-state index >= 15 is 0 Å². The highest BCUT2D eigenvalue weighted by atomic mass is 32.2. The van der Waals surface area contributed by atoms with Gasteiger partial charge in [-0.1, -0.05) is 0 Å². The second-order valence-corrected chi connectivity index (χ2v) is 16.8. The van der Waals surface area contributed by atoms with E-state index in [4.69, 9.17) is 11.5 Å². The Morgan fingerprint density at radius 3 is 1.63 bits per heavy atom. The van der Waals surface area contributed by atoms with E-state index in [1.54, 1.807) is 0 Å². The second kappa shape index (κ2) is 27.1. The van der Waals surface area contributed by atoms with Crippen LogP contribution in [0.3, 0.4) is 0 Å². The molecule has 30 nitrogen and oxygen atoms in total. The summed E-state index contributed by atoms with van der Waals surface area (Å²) in [6.45, 7) is 1.07. The van der Waals surface area contributed by atoms with Gasteiger partial charge in [-0.15, -0.1) is 11.8 Å². The first-order chi connectivity index (χ1) is 31.7. The third-order valence-corrected chi connectivity index (χ3v) is 12.0. The number of carbonyl (C=O) groups is 9. The average molecular weight is 993 g/mol. The predicted octanol–water partition coefficient (Wildman–Crippen LogP) is -6.74. The van der Waals surface area contributed by atoms with Crippen LogP contribution in [0.25, 0.3) is 0 Å². The van der Waals surface area contributed by atoms with Crippen LogP contribution >= 0.6 is 11.8 Å². The molecule has 1 saturated heterocycles. The Morgan fingerprint density at radius 1 is 0.750 bits per heavy atom. The Balaban J connectivity index is 2.35. The quantitative estimate of drug-likeness (QED) is 0.0320. The van der Waals surface area contributed by atoms with Crippen LogP contribution in [-0.4, -0.2) is 199 Å². The standard InChI is InChI=1S/C37H60N12O18S/c1-17(51)47(65)12-5-8-20(38)30(57)40-21(9-6-13-48(66)18(2)52)31(58)41-22(10-7-14-49(67)19(3)53)32(59)42-23(16-50)33(60)44-25(35(61)62)26(54)29-27(55)28(56)34(68-29)46-15-11-24(43-36(39)63)45(4)37(46)64/h11,15,20-23,25-29,34,50,54-56,65-67H,5-10,12-14,16,38H2,1-4H3,(H2,39,63)(H,40,57)(H,41,58)(H,42,59)(H,44,60)(H,61,62)/b43-24+. The highest BCUT2D eigenvalue weighted by Crippen LogP contribution is 2.43. The van der Waals surface area contributed by atoms with Gasteiger partial charge in [0.05, 0.1) is 30.1 Å². The number of thioether (sulfide) groups is 1. The molecule has 1 aliphatic heterocycles. The molecule has 68 heavy (non-hydrogen) atoms. The lowest BCUT2D eigenvalue weighted by atomic mass is 10.00. The summed E-state index contributed by atoms with van der Waals surface area (Å²) in [5.41, 5.74) is 9.99. The van der Waals surface area contributed by atoms with E-state index < -0.39 is 131 Å². The summed E-state index contributed by atoms with van der Waals surface area (Å²) in [5, 5.41) is 89.5. The van der Waals surface area contributed by atoms with Gasteiger partial charge in [0.25, 0.3) is 0 Å². The molecule has 31 heteroatoms. The Bertz CT molecular complexity index is 2130. The number of carboxylic acids is 1. The van der Waals surface area contributed by atoms with Crippen LogP contribution in [0.2, 0.25) is 0 Å². The fraction of sp³-hybridized carbons (Fsp3) is 0.649. The van der Waals surface area contributed by atoms with E-state index in [0.29, 0.717) is 27.0 Å². The van der Waals surface area contributed by atoms with E-state index in [9.17, 15) is 89.1 Å². The molecule has 0 saturated carbocycles. The highest BCUT2D eigenvalue weighted by Gasteiger charge is 2.50. The molecule has 0 radical (unpaired) electrons. The SMILES string of the molecule is CC(=O)N(O)CCCC(N)C(=O)NC(CCCN(O)C(C)=O)C(=O)NC(CCCN(O)C(C)=O)C(=O)NC(CO)C(=O)NC(C(=O)O)C(O)C1SC(n2cc/c(=N\C(N)=O)n(C)c2=O)C(O)C1O. The molecule has 2 heterocycles. The van der Waals surface area contributed by atoms with Gasteiger partial charge in [-0.05, 0) is 44.6 Å². The molecule has 1 aromatic rings. The molecule has 2 rings (SSSR count). The Kier molecular flexibility index (Phi) is 23.1. The van der Waals surface area contributed by atoms with Crippen LogP contribution in [0.15, 0.2) is 22.1 Å². The number of hydroxylamine groups is 6. The number of nitrogens with one attached hydrogen (secondary N) is 4. The van der Waals surface area contributed by atoms with Crippen LogP contribution in [0.4, 0.5) is 4.79 Å². The molecule has 1 aromatic heterocycles. The number of nitrogens with two attached hydrogens (primary N) is 2. The molecule has 10 unspecified atom stereocenters. The number of urea groups is 1. The van der Waals surface area contributed by atoms with Crippen molar-refractivity contribution >= 4 is 65.1 Å². The highest BCUT2D eigenvalue weighted by molar-refractivity contribution is 8.00. The van der Waals surface area contributed by atoms with E-state index in [2.05, 4.69) is 20.9 Å². The zero-order valence-corrected chi connectivity index (χ0v) is 38.2. The van der Waals surface area contributed by atoms with Crippen molar-refractivity contribution in [3.63, 3.8) is 0 Å². The van der Waals surface area contributed by atoms with Crippen LogP contribution in [-0.2, 0) is 45.4 Å². The maximum atomic E-state index is 13.8. The van der Waals surface area contributed by atoms with Crippen molar-refractivity contribution in [2.75, 3.05) is 26.2 Å². The fourth-order valence-corrected chi connectivity index (χ4v) is 8.03. The van der Waals surface area contributed by atoms with Crippen LogP contribution in [0, 0.1) is 0 Å². The lowest BCUT2D eigenvalue weighted by Gasteiger charge is -2.29. The number of carbonyl (C=O) groups excluding carboxylic acids is 8. The molecular formula is C37H60N12O18S. The summed E-state index contributed by atoms with van der Waals surface area (Å²) >= 11 is 0.545. The minimum atomic E-state index is -2.31. The topological polar surface area (TPSA) is 465 Å². The lowest BCUT2D eigenvalue weighted by molar-refractivity contribution is -0.163. The number of aliphatic carboxylic acids is 1. The van der Waals surface area contributed by atoms with Crippen molar-refractivity contribution in [2.24, 2.45) is 23.5 Å². The van der Waals surface area contributed by atoms with Crippen molar-refractivity contribution in [3.8, 4) is 0 Å². The number of primary amides is 1. The van der Waals surface area contributed by atoms with E-state index in [-0.39, 0.29) is 57.2 Å². The molecular weight excluding hydrogens is 933 g/mol. The number of aliphatic hydroxyl groups is 4. The van der Waals surface area contributed by atoms with Crippen molar-refractivity contribution in [2.45, 2.75) is 118 Å². The first-order valence-corrected chi connectivity index (χ1v) is 21.7. The summed E-state index contributed by atoms with van der Waals surface area (Å²) in [5.74, 6) is -8.71. The van der Waals surface area contributed by atoms with Gasteiger partial charge in [0.15, 0.2) is 6.04 Å². The molecule has 1 fully saturated rings. The summed E-state index contributed by atoms with van der Waals surface area (Å²) in [4.78, 5) is 129. The van der Waals surface area contributed by atoms with Crippen molar-refractivity contribution in [3.05, 3.63) is 28.2 Å². The van der Waals surface area contributed by atoms with Crippen LogP contribution in [0.1, 0.15) is 64.7 Å². The van der Waals surface area contributed by atoms with E-state index in [1.165, 1.54) is 13.1 Å². The number of carboxylic acid groups (broad SMARTS) is 1. The minimum Gasteiger partial charge on any atom is -0.480 e. The van der Waals surface area contributed by atoms with Gasteiger partial charge >= 0.3 is 17.7 Å². The number of rotatable bonds is 25. The molecule has 0 aliphatic carbocycles.